The van der Waals surface area contributed by atoms with Gasteiger partial charge in [0.1, 0.15) is 5.82 Å². The van der Waals surface area contributed by atoms with Gasteiger partial charge in [0, 0.05) is 54.5 Å². The second-order valence-electron chi connectivity index (χ2n) is 9.13. The zero-order chi connectivity index (χ0) is 24.7. The molecule has 1 heterocycles. The lowest BCUT2D eigenvalue weighted by Crippen LogP contribution is -2.50. The van der Waals surface area contributed by atoms with E-state index >= 15 is 0 Å². The lowest BCUT2D eigenvalue weighted by atomic mass is 10.0. The maximum absolute atomic E-state index is 13.2. The molecule has 2 aromatic carbocycles. The Morgan fingerprint density at radius 1 is 1.21 bits per heavy atom. The molecular formula is C28H35ClFN3O. The van der Waals surface area contributed by atoms with Gasteiger partial charge in [0.05, 0.1) is 0 Å². The maximum atomic E-state index is 13.2. The van der Waals surface area contributed by atoms with Gasteiger partial charge < -0.3 is 10.2 Å². The molecule has 0 spiro atoms. The number of nitrogens with zero attached hydrogens (tertiary/aromatic N) is 2. The molecular weight excluding hydrogens is 449 g/mol. The van der Waals surface area contributed by atoms with Crippen molar-refractivity contribution >= 4 is 23.6 Å². The Morgan fingerprint density at radius 2 is 1.94 bits per heavy atom. The molecule has 1 saturated heterocycles. The minimum absolute atomic E-state index is 0.0471. The summed E-state index contributed by atoms with van der Waals surface area (Å²) < 4.78 is 13.2. The molecule has 6 heteroatoms. The van der Waals surface area contributed by atoms with E-state index < -0.39 is 0 Å². The van der Waals surface area contributed by atoms with Crippen LogP contribution in [0.2, 0.25) is 5.02 Å². The summed E-state index contributed by atoms with van der Waals surface area (Å²) >= 11 is 6.18. The van der Waals surface area contributed by atoms with Gasteiger partial charge in [-0.2, -0.15) is 0 Å². The number of amides is 1. The molecule has 3 rings (SSSR count). The molecule has 4 nitrogen and oxygen atoms in total. The molecule has 1 amide bonds. The first-order valence-corrected chi connectivity index (χ1v) is 12.4. The molecule has 0 aromatic heterocycles. The maximum Gasteiger partial charge on any atom is 0.252 e. The first-order valence-electron chi connectivity index (χ1n) is 12.0. The van der Waals surface area contributed by atoms with Gasteiger partial charge in [0.2, 0.25) is 0 Å². The lowest BCUT2D eigenvalue weighted by Gasteiger charge is -2.42. The highest BCUT2D eigenvalue weighted by atomic mass is 35.5. The summed E-state index contributed by atoms with van der Waals surface area (Å²) in [6.07, 6.45) is 7.26. The Hall–Kier alpha value is -2.63. The smallest absolute Gasteiger partial charge is 0.252 e. The van der Waals surface area contributed by atoms with Gasteiger partial charge in [-0.1, -0.05) is 48.9 Å². The van der Waals surface area contributed by atoms with E-state index in [1.54, 1.807) is 6.07 Å². The largest absolute Gasteiger partial charge is 0.367 e. The van der Waals surface area contributed by atoms with E-state index in [0.717, 1.165) is 49.4 Å². The van der Waals surface area contributed by atoms with Crippen LogP contribution >= 0.6 is 11.6 Å². The number of nitrogens with one attached hydrogen (secondary N) is 1. The van der Waals surface area contributed by atoms with Crippen LogP contribution in [0, 0.1) is 5.82 Å². The molecule has 1 atom stereocenters. The molecule has 1 aliphatic heterocycles. The summed E-state index contributed by atoms with van der Waals surface area (Å²) in [7, 11) is 0. The fraction of sp³-hybridized carbons (Fsp3) is 0.393. The predicted octanol–water partition coefficient (Wildman–Crippen LogP) is 6.13. The number of allylic oxidation sites excluding steroid dienone is 2. The van der Waals surface area contributed by atoms with E-state index in [4.69, 9.17) is 11.6 Å². The minimum Gasteiger partial charge on any atom is -0.367 e. The molecule has 0 radical (unpaired) electrons. The molecule has 2 aromatic rings. The van der Waals surface area contributed by atoms with Crippen molar-refractivity contribution in [2.45, 2.75) is 52.7 Å². The zero-order valence-corrected chi connectivity index (χ0v) is 21.3. The fourth-order valence-corrected chi connectivity index (χ4v) is 4.46. The van der Waals surface area contributed by atoms with Gasteiger partial charge in [-0.3, -0.25) is 9.69 Å². The Bertz CT molecular complexity index is 1030. The summed E-state index contributed by atoms with van der Waals surface area (Å²) in [4.78, 5) is 17.5. The van der Waals surface area contributed by atoms with Gasteiger partial charge in [0.15, 0.2) is 0 Å². The molecule has 0 aliphatic carbocycles. The van der Waals surface area contributed by atoms with Gasteiger partial charge in [-0.05, 0) is 68.7 Å². The molecule has 0 saturated carbocycles. The van der Waals surface area contributed by atoms with Crippen LogP contribution in [-0.2, 0) is 6.54 Å². The number of piperazine rings is 1. The highest BCUT2D eigenvalue weighted by molar-refractivity contribution is 6.31. The summed E-state index contributed by atoms with van der Waals surface area (Å²) in [5, 5.41) is 3.50. The van der Waals surface area contributed by atoms with E-state index in [1.165, 1.54) is 12.1 Å². The minimum atomic E-state index is -0.200. The van der Waals surface area contributed by atoms with Gasteiger partial charge in [-0.15, -0.1) is 0 Å². The Labute approximate surface area is 208 Å². The van der Waals surface area contributed by atoms with Crippen molar-refractivity contribution in [2.24, 2.45) is 0 Å². The third-order valence-corrected chi connectivity index (χ3v) is 6.12. The third-order valence-electron chi connectivity index (χ3n) is 5.89. The SMILES string of the molecule is CC/C=C(\C=C\c1ccc(Cl)cc1C(=O)NC(C)C)N1CCN(Cc2ccc(F)cc2)CC1C. The summed E-state index contributed by atoms with van der Waals surface area (Å²) in [5.74, 6) is -0.324. The van der Waals surface area contributed by atoms with Crippen LogP contribution in [0.15, 0.2) is 60.3 Å². The van der Waals surface area contributed by atoms with Crippen molar-refractivity contribution in [2.75, 3.05) is 19.6 Å². The van der Waals surface area contributed by atoms with Crippen molar-refractivity contribution in [1.82, 2.24) is 15.1 Å². The van der Waals surface area contributed by atoms with Gasteiger partial charge >= 0.3 is 0 Å². The summed E-state index contributed by atoms with van der Waals surface area (Å²) in [6, 6.07) is 12.6. The summed E-state index contributed by atoms with van der Waals surface area (Å²) in [6.45, 7) is 11.8. The highest BCUT2D eigenvalue weighted by Gasteiger charge is 2.24. The summed E-state index contributed by atoms with van der Waals surface area (Å²) in [5.41, 5.74) is 3.69. The van der Waals surface area contributed by atoms with Crippen molar-refractivity contribution in [1.29, 1.82) is 0 Å². The second-order valence-corrected chi connectivity index (χ2v) is 9.57. The quantitative estimate of drug-likeness (QED) is 0.459. The van der Waals surface area contributed by atoms with Crippen molar-refractivity contribution in [3.8, 4) is 0 Å². The third kappa shape index (κ3) is 7.18. The molecule has 34 heavy (non-hydrogen) atoms. The normalized spacial score (nSPS) is 17.6. The monoisotopic (exact) mass is 483 g/mol. The van der Waals surface area contributed by atoms with Crippen LogP contribution in [0.3, 0.4) is 0 Å². The van der Waals surface area contributed by atoms with Crippen LogP contribution in [0.1, 0.15) is 55.6 Å². The van der Waals surface area contributed by atoms with Gasteiger partial charge in [-0.25, -0.2) is 4.39 Å². The molecule has 1 aliphatic rings. The fourth-order valence-electron chi connectivity index (χ4n) is 4.28. The van der Waals surface area contributed by atoms with E-state index in [0.29, 0.717) is 16.6 Å². The number of carbonyl (C=O) groups is 1. The van der Waals surface area contributed by atoms with E-state index in [-0.39, 0.29) is 17.8 Å². The van der Waals surface area contributed by atoms with Crippen LogP contribution in [0.25, 0.3) is 6.08 Å². The van der Waals surface area contributed by atoms with Gasteiger partial charge in [0.25, 0.3) is 5.91 Å². The lowest BCUT2D eigenvalue weighted by molar-refractivity contribution is 0.0943. The Balaban J connectivity index is 1.73. The molecule has 182 valence electrons. The average Bonchev–Trinajstić information content (AvgIpc) is 2.79. The molecule has 1 unspecified atom stereocenters. The topological polar surface area (TPSA) is 35.6 Å². The first kappa shape index (κ1) is 26.0. The van der Waals surface area contributed by atoms with Crippen molar-refractivity contribution in [3.63, 3.8) is 0 Å². The number of hydrogen-bond donors (Lipinski definition) is 1. The predicted molar refractivity (Wildman–Crippen MR) is 139 cm³/mol. The van der Waals surface area contributed by atoms with Crippen molar-refractivity contribution in [3.05, 3.63) is 87.8 Å². The standard InChI is InChI=1S/C28H35ClFN3O/c1-5-6-26(14-10-23-9-11-24(29)17-27(23)28(34)31-20(2)3)33-16-15-32(18-21(33)4)19-22-7-12-25(30)13-8-22/h6-14,17,20-21H,5,15-16,18-19H2,1-4H3,(H,31,34)/b14-10+,26-6+. The second kappa shape index (κ2) is 12.2. The molecule has 0 bridgehead atoms. The van der Waals surface area contributed by atoms with E-state index in [2.05, 4.69) is 41.1 Å². The van der Waals surface area contributed by atoms with E-state index in [9.17, 15) is 9.18 Å². The number of carbonyl (C=O) groups excluding carboxylic acids is 1. The number of halogens is 2. The Kier molecular flexibility index (Phi) is 9.31. The van der Waals surface area contributed by atoms with Crippen LogP contribution in [0.5, 0.6) is 0 Å². The van der Waals surface area contributed by atoms with Crippen molar-refractivity contribution < 1.29 is 9.18 Å². The molecule has 1 fully saturated rings. The van der Waals surface area contributed by atoms with E-state index in [1.807, 2.05) is 44.2 Å². The molecule has 1 N–H and O–H groups in total. The zero-order valence-electron chi connectivity index (χ0n) is 20.5. The Morgan fingerprint density at radius 3 is 2.59 bits per heavy atom. The highest BCUT2D eigenvalue weighted by Crippen LogP contribution is 2.22. The van der Waals surface area contributed by atoms with Crippen LogP contribution in [0.4, 0.5) is 4.39 Å². The first-order chi connectivity index (χ1) is 16.3. The van der Waals surface area contributed by atoms with Crippen LogP contribution in [-0.4, -0.2) is 47.4 Å². The van der Waals surface area contributed by atoms with Crippen LogP contribution < -0.4 is 5.32 Å². The number of hydrogen-bond acceptors (Lipinski definition) is 3. The number of benzene rings is 2. The average molecular weight is 484 g/mol. The number of rotatable bonds is 8.